The summed E-state index contributed by atoms with van der Waals surface area (Å²) >= 11 is 0. The van der Waals surface area contributed by atoms with E-state index in [4.69, 9.17) is 5.73 Å². The first-order chi connectivity index (χ1) is 6.24. The van der Waals surface area contributed by atoms with Crippen molar-refractivity contribution in [1.82, 2.24) is 0 Å². The van der Waals surface area contributed by atoms with Gasteiger partial charge in [-0.1, -0.05) is 18.2 Å². The second kappa shape index (κ2) is 4.77. The zero-order valence-corrected chi connectivity index (χ0v) is 7.76. The zero-order chi connectivity index (χ0) is 9.68. The lowest BCUT2D eigenvalue weighted by Crippen LogP contribution is -1.95. The Morgan fingerprint density at radius 3 is 2.54 bits per heavy atom. The van der Waals surface area contributed by atoms with Crippen LogP contribution in [0.4, 0.5) is 4.39 Å². The minimum atomic E-state index is -0.199. The molecule has 0 saturated heterocycles. The first-order valence-corrected chi connectivity index (χ1v) is 4.37. The number of nitrogens with two attached hydrogens (primary N) is 1. The summed E-state index contributed by atoms with van der Waals surface area (Å²) in [6.45, 7) is 2.65. The van der Waals surface area contributed by atoms with E-state index in [-0.39, 0.29) is 5.82 Å². The van der Waals surface area contributed by atoms with E-state index in [1.165, 1.54) is 12.1 Å². The van der Waals surface area contributed by atoms with Gasteiger partial charge in [0.05, 0.1) is 0 Å². The number of hydrogen-bond donors (Lipinski definition) is 1. The maximum absolute atomic E-state index is 12.6. The van der Waals surface area contributed by atoms with Crippen LogP contribution in [0.15, 0.2) is 30.3 Å². The number of allylic oxidation sites excluding steroid dienone is 1. The van der Waals surface area contributed by atoms with Gasteiger partial charge in [0.15, 0.2) is 0 Å². The van der Waals surface area contributed by atoms with Crippen molar-refractivity contribution < 1.29 is 4.39 Å². The Morgan fingerprint density at radius 2 is 2.00 bits per heavy atom. The molecule has 0 amide bonds. The summed E-state index contributed by atoms with van der Waals surface area (Å²) in [4.78, 5) is 0. The summed E-state index contributed by atoms with van der Waals surface area (Å²) in [5, 5.41) is 0. The van der Waals surface area contributed by atoms with Crippen LogP contribution in [-0.4, -0.2) is 6.54 Å². The molecule has 1 aromatic rings. The number of halogens is 1. The highest BCUT2D eigenvalue weighted by molar-refractivity contribution is 5.63. The third kappa shape index (κ3) is 2.99. The van der Waals surface area contributed by atoms with Crippen LogP contribution < -0.4 is 5.73 Å². The van der Waals surface area contributed by atoms with E-state index in [1.807, 2.05) is 6.92 Å². The number of benzene rings is 1. The Balaban J connectivity index is 2.77. The molecule has 0 aliphatic rings. The predicted octanol–water partition coefficient (Wildman–Crippen LogP) is 2.58. The summed E-state index contributed by atoms with van der Waals surface area (Å²) in [5.74, 6) is -0.199. The Labute approximate surface area is 78.1 Å². The predicted molar refractivity (Wildman–Crippen MR) is 53.7 cm³/mol. The Hall–Kier alpha value is -1.15. The van der Waals surface area contributed by atoms with Crippen LogP contribution in [0.25, 0.3) is 5.57 Å². The molecule has 0 aliphatic carbocycles. The molecule has 0 bridgehead atoms. The van der Waals surface area contributed by atoms with E-state index >= 15 is 0 Å². The Bertz CT molecular complexity index is 287. The fourth-order valence-electron chi connectivity index (χ4n) is 1.13. The van der Waals surface area contributed by atoms with Crippen LogP contribution in [0.2, 0.25) is 0 Å². The second-order valence-electron chi connectivity index (χ2n) is 2.97. The zero-order valence-electron chi connectivity index (χ0n) is 7.76. The largest absolute Gasteiger partial charge is 0.330 e. The molecule has 13 heavy (non-hydrogen) atoms. The molecular weight excluding hydrogens is 165 g/mol. The summed E-state index contributed by atoms with van der Waals surface area (Å²) in [7, 11) is 0. The highest BCUT2D eigenvalue weighted by Gasteiger charge is 1.94. The fraction of sp³-hybridized carbons (Fsp3) is 0.273. The average Bonchev–Trinajstić information content (AvgIpc) is 2.15. The average molecular weight is 179 g/mol. The molecule has 0 heterocycles. The van der Waals surface area contributed by atoms with Crippen LogP contribution in [0.5, 0.6) is 0 Å². The number of rotatable bonds is 3. The first-order valence-electron chi connectivity index (χ1n) is 4.37. The molecule has 2 heteroatoms. The summed E-state index contributed by atoms with van der Waals surface area (Å²) < 4.78 is 12.6. The van der Waals surface area contributed by atoms with E-state index in [0.29, 0.717) is 6.54 Å². The van der Waals surface area contributed by atoms with E-state index in [2.05, 4.69) is 6.08 Å². The van der Waals surface area contributed by atoms with E-state index < -0.39 is 0 Å². The van der Waals surface area contributed by atoms with Gasteiger partial charge in [0, 0.05) is 0 Å². The molecule has 1 nitrogen and oxygen atoms in total. The van der Waals surface area contributed by atoms with Crippen LogP contribution in [0.3, 0.4) is 0 Å². The van der Waals surface area contributed by atoms with Gasteiger partial charge in [-0.3, -0.25) is 0 Å². The van der Waals surface area contributed by atoms with E-state index in [0.717, 1.165) is 17.6 Å². The van der Waals surface area contributed by atoms with Gasteiger partial charge in [-0.15, -0.1) is 0 Å². The molecule has 0 saturated carbocycles. The van der Waals surface area contributed by atoms with Gasteiger partial charge in [0.2, 0.25) is 0 Å². The normalized spacial score (nSPS) is 11.8. The molecule has 0 fully saturated rings. The molecule has 0 unspecified atom stereocenters. The van der Waals surface area contributed by atoms with Crippen molar-refractivity contribution >= 4 is 5.57 Å². The minimum absolute atomic E-state index is 0.199. The van der Waals surface area contributed by atoms with Crippen molar-refractivity contribution in [2.75, 3.05) is 6.54 Å². The molecule has 2 N–H and O–H groups in total. The Kier molecular flexibility index (Phi) is 3.65. The molecule has 0 spiro atoms. The van der Waals surface area contributed by atoms with Gasteiger partial charge in [0.25, 0.3) is 0 Å². The topological polar surface area (TPSA) is 26.0 Å². The van der Waals surface area contributed by atoms with Crippen LogP contribution in [0.1, 0.15) is 18.9 Å². The van der Waals surface area contributed by atoms with E-state index in [9.17, 15) is 4.39 Å². The standard InChI is InChI=1S/C11H14FN/c1-9(3-2-8-13)10-4-6-11(12)7-5-10/h3-7H,2,8,13H2,1H3. The SMILES string of the molecule is CC(=CCCN)c1ccc(F)cc1. The molecule has 0 radical (unpaired) electrons. The van der Waals surface area contributed by atoms with Crippen LogP contribution in [0, 0.1) is 5.82 Å². The highest BCUT2D eigenvalue weighted by Crippen LogP contribution is 2.14. The van der Waals surface area contributed by atoms with Crippen molar-refractivity contribution in [3.63, 3.8) is 0 Å². The molecule has 1 aromatic carbocycles. The third-order valence-electron chi connectivity index (χ3n) is 1.92. The maximum atomic E-state index is 12.6. The van der Waals surface area contributed by atoms with Gasteiger partial charge < -0.3 is 5.73 Å². The minimum Gasteiger partial charge on any atom is -0.330 e. The lowest BCUT2D eigenvalue weighted by Gasteiger charge is -2.00. The molecule has 0 atom stereocenters. The monoisotopic (exact) mass is 179 g/mol. The molecular formula is C11H14FN. The first kappa shape index (κ1) is 9.93. The van der Waals surface area contributed by atoms with Crippen molar-refractivity contribution in [2.24, 2.45) is 5.73 Å². The molecule has 0 aliphatic heterocycles. The molecule has 70 valence electrons. The van der Waals surface area contributed by atoms with Crippen molar-refractivity contribution in [3.8, 4) is 0 Å². The van der Waals surface area contributed by atoms with Crippen molar-refractivity contribution in [1.29, 1.82) is 0 Å². The van der Waals surface area contributed by atoms with E-state index in [1.54, 1.807) is 12.1 Å². The van der Waals surface area contributed by atoms with Gasteiger partial charge >= 0.3 is 0 Å². The van der Waals surface area contributed by atoms with Crippen molar-refractivity contribution in [2.45, 2.75) is 13.3 Å². The van der Waals surface area contributed by atoms with Crippen LogP contribution >= 0.6 is 0 Å². The van der Waals surface area contributed by atoms with Gasteiger partial charge in [-0.25, -0.2) is 4.39 Å². The van der Waals surface area contributed by atoms with Gasteiger partial charge in [-0.05, 0) is 43.2 Å². The van der Waals surface area contributed by atoms with Crippen molar-refractivity contribution in [3.05, 3.63) is 41.7 Å². The van der Waals surface area contributed by atoms with Gasteiger partial charge in [-0.2, -0.15) is 0 Å². The van der Waals surface area contributed by atoms with Gasteiger partial charge in [0.1, 0.15) is 5.82 Å². The van der Waals surface area contributed by atoms with Crippen LogP contribution in [-0.2, 0) is 0 Å². The summed E-state index contributed by atoms with van der Waals surface area (Å²) in [6, 6.07) is 6.49. The lowest BCUT2D eigenvalue weighted by molar-refractivity contribution is 0.627. The quantitative estimate of drug-likeness (QED) is 0.758. The molecule has 0 aromatic heterocycles. The fourth-order valence-corrected chi connectivity index (χ4v) is 1.13. The molecule has 1 rings (SSSR count). The lowest BCUT2D eigenvalue weighted by atomic mass is 10.1. The highest BCUT2D eigenvalue weighted by atomic mass is 19.1. The maximum Gasteiger partial charge on any atom is 0.123 e. The summed E-state index contributed by atoms with van der Waals surface area (Å²) in [5.41, 5.74) is 7.57. The third-order valence-corrected chi connectivity index (χ3v) is 1.92. The Morgan fingerprint density at radius 1 is 1.38 bits per heavy atom. The number of hydrogen-bond acceptors (Lipinski definition) is 1. The summed E-state index contributed by atoms with van der Waals surface area (Å²) in [6.07, 6.45) is 2.93. The second-order valence-corrected chi connectivity index (χ2v) is 2.97. The smallest absolute Gasteiger partial charge is 0.123 e.